The number of carbonyl (C=O) groups excluding carboxylic acids is 2. The maximum absolute atomic E-state index is 13.5. The van der Waals surface area contributed by atoms with Gasteiger partial charge >= 0.3 is 0 Å². The molecule has 4 aromatic carbocycles. The zero-order valence-electron chi connectivity index (χ0n) is 20.5. The summed E-state index contributed by atoms with van der Waals surface area (Å²) >= 11 is 0. The Labute approximate surface area is 223 Å². The molecule has 2 amide bonds. The van der Waals surface area contributed by atoms with Gasteiger partial charge in [-0.05, 0) is 71.8 Å². The van der Waals surface area contributed by atoms with Gasteiger partial charge in [0.25, 0.3) is 34.1 Å². The van der Waals surface area contributed by atoms with Crippen molar-refractivity contribution in [2.75, 3.05) is 0 Å². The van der Waals surface area contributed by atoms with Crippen LogP contribution in [0.15, 0.2) is 104 Å². The van der Waals surface area contributed by atoms with Gasteiger partial charge in [0.15, 0.2) is 0 Å². The molecule has 1 aromatic heterocycles. The van der Waals surface area contributed by atoms with Crippen LogP contribution in [0, 0.1) is 0 Å². The van der Waals surface area contributed by atoms with E-state index in [0.717, 1.165) is 0 Å². The van der Waals surface area contributed by atoms with E-state index in [9.17, 15) is 28.8 Å². The fraction of sp³-hybridized carbons (Fsp3) is 0. The summed E-state index contributed by atoms with van der Waals surface area (Å²) in [5.74, 6) is -0.998. The second kappa shape index (κ2) is 9.44. The number of hydrogen-bond donors (Lipinski definition) is 4. The first-order valence-corrected chi connectivity index (χ1v) is 12.1. The largest absolute Gasteiger partial charge is 0.322 e. The Morgan fingerprint density at radius 3 is 1.62 bits per heavy atom. The number of benzene rings is 4. The standard InChI is InChI=1S/C30H18N4O6/c35-25-17-3-1-5-19(11-17)31-27(37)21-9-7-15(16-8-10-22-24(14-16)30(40)34-28(22)38)13-23(21)29(39)32-20-6-2-4-18(12-20)26(36)33-25/h1-14H,(H,31,37)(H,32,39)(H,33,35,36)(H,34,38,40). The lowest BCUT2D eigenvalue weighted by Gasteiger charge is -2.04. The van der Waals surface area contributed by atoms with Gasteiger partial charge in [-0.3, -0.25) is 39.1 Å². The smallest absolute Gasteiger partial charge is 0.258 e. The fourth-order valence-electron chi connectivity index (χ4n) is 4.58. The number of rotatable bonds is 1. The third kappa shape index (κ3) is 4.39. The van der Waals surface area contributed by atoms with Gasteiger partial charge in [-0.2, -0.15) is 0 Å². The summed E-state index contributed by atoms with van der Waals surface area (Å²) in [4.78, 5) is 84.1. The Balaban J connectivity index is 1.72. The summed E-state index contributed by atoms with van der Waals surface area (Å²) in [5, 5.41) is 2.61. The number of imide groups is 1. The normalized spacial score (nSPS) is 12.2. The highest BCUT2D eigenvalue weighted by atomic mass is 16.2. The maximum atomic E-state index is 13.5. The van der Waals surface area contributed by atoms with E-state index < -0.39 is 34.1 Å². The molecule has 0 radical (unpaired) electrons. The van der Waals surface area contributed by atoms with Gasteiger partial charge in [0.1, 0.15) is 0 Å². The molecule has 1 aliphatic heterocycles. The number of hydrogen-bond acceptors (Lipinski definition) is 6. The Morgan fingerprint density at radius 1 is 0.425 bits per heavy atom. The third-order valence-corrected chi connectivity index (χ3v) is 6.57. The number of H-pyrrole nitrogens is 3. The Morgan fingerprint density at radius 2 is 0.975 bits per heavy atom. The van der Waals surface area contributed by atoms with E-state index in [2.05, 4.69) is 20.3 Å². The lowest BCUT2D eigenvalue weighted by atomic mass is 9.98. The number of carbonyl (C=O) groups is 2. The van der Waals surface area contributed by atoms with Gasteiger partial charge in [-0.25, -0.2) is 0 Å². The fourth-order valence-corrected chi connectivity index (χ4v) is 4.58. The predicted molar refractivity (Wildman–Crippen MR) is 151 cm³/mol. The van der Waals surface area contributed by atoms with Crippen LogP contribution in [0.1, 0.15) is 20.7 Å². The monoisotopic (exact) mass is 530 g/mol. The average Bonchev–Trinajstić information content (AvgIpc) is 3.24. The number of nitrogens with one attached hydrogen (secondary N) is 4. The quantitative estimate of drug-likeness (QED) is 0.244. The molecular formula is C30H18N4O6. The number of aromatic nitrogens is 3. The van der Waals surface area contributed by atoms with Crippen molar-refractivity contribution >= 4 is 44.4 Å². The summed E-state index contributed by atoms with van der Waals surface area (Å²) in [7, 11) is 0. The van der Waals surface area contributed by atoms with E-state index >= 15 is 0 Å². The average molecular weight is 530 g/mol. The van der Waals surface area contributed by atoms with Crippen molar-refractivity contribution < 1.29 is 9.59 Å². The molecule has 0 unspecified atom stereocenters. The Bertz CT molecular complexity index is 2280. The summed E-state index contributed by atoms with van der Waals surface area (Å²) in [6.45, 7) is 0. The maximum Gasteiger partial charge on any atom is 0.258 e. The number of aromatic amines is 3. The van der Waals surface area contributed by atoms with Crippen LogP contribution < -0.4 is 27.6 Å². The van der Waals surface area contributed by atoms with Gasteiger partial charge in [-0.15, -0.1) is 0 Å². The molecule has 0 fully saturated rings. The van der Waals surface area contributed by atoms with E-state index in [1.807, 2.05) is 0 Å². The number of fused-ring (bicyclic) bond motifs is 6. The van der Waals surface area contributed by atoms with Crippen molar-refractivity contribution in [2.45, 2.75) is 0 Å². The summed E-state index contributed by atoms with van der Waals surface area (Å²) in [5.41, 5.74) is -0.445. The van der Waals surface area contributed by atoms with Crippen LogP contribution in [0.3, 0.4) is 0 Å². The molecule has 0 aliphatic carbocycles. The van der Waals surface area contributed by atoms with Gasteiger partial charge in [0.05, 0.1) is 21.9 Å². The highest BCUT2D eigenvalue weighted by molar-refractivity contribution is 6.21. The van der Waals surface area contributed by atoms with E-state index in [-0.39, 0.29) is 43.7 Å². The topological polar surface area (TPSA) is 162 Å². The van der Waals surface area contributed by atoms with E-state index in [0.29, 0.717) is 11.1 Å². The molecule has 5 aromatic rings. The summed E-state index contributed by atoms with van der Waals surface area (Å²) < 4.78 is 0. The van der Waals surface area contributed by atoms with E-state index in [1.165, 1.54) is 42.5 Å². The van der Waals surface area contributed by atoms with Crippen molar-refractivity contribution in [3.8, 4) is 11.1 Å². The van der Waals surface area contributed by atoms with Crippen LogP contribution in [-0.4, -0.2) is 26.8 Å². The molecule has 194 valence electrons. The highest BCUT2D eigenvalue weighted by Crippen LogP contribution is 2.26. The lowest BCUT2D eigenvalue weighted by molar-refractivity contribution is 0.0879. The molecule has 10 nitrogen and oxygen atoms in total. The van der Waals surface area contributed by atoms with Crippen LogP contribution in [0.2, 0.25) is 0 Å². The van der Waals surface area contributed by atoms with Gasteiger partial charge < -0.3 is 9.97 Å². The second-order valence-electron chi connectivity index (χ2n) is 9.16. The first-order chi connectivity index (χ1) is 19.3. The molecule has 1 aliphatic rings. The predicted octanol–water partition coefficient (Wildman–Crippen LogP) is 2.81. The van der Waals surface area contributed by atoms with E-state index in [4.69, 9.17) is 0 Å². The van der Waals surface area contributed by atoms with Crippen LogP contribution in [0.25, 0.3) is 43.7 Å². The van der Waals surface area contributed by atoms with Crippen molar-refractivity contribution in [3.05, 3.63) is 137 Å². The van der Waals surface area contributed by atoms with Crippen molar-refractivity contribution in [3.63, 3.8) is 0 Å². The molecule has 40 heavy (non-hydrogen) atoms. The molecular weight excluding hydrogens is 512 g/mol. The SMILES string of the molecule is O=C1NC(=O)c2cc(-c3ccc4c(=O)[nH]c5cccc(c5)c(=O)[nH]c(=O)c5cccc(c5)[nH]c(=O)c4c3)ccc21. The van der Waals surface area contributed by atoms with Crippen molar-refractivity contribution in [2.24, 2.45) is 0 Å². The minimum atomic E-state index is -0.660. The summed E-state index contributed by atoms with van der Waals surface area (Å²) in [6.07, 6.45) is 0. The van der Waals surface area contributed by atoms with Gasteiger partial charge in [-0.1, -0.05) is 24.3 Å². The molecule has 0 spiro atoms. The Hall–Kier alpha value is -5.90. The molecule has 6 rings (SSSR count). The van der Waals surface area contributed by atoms with Crippen LogP contribution >= 0.6 is 0 Å². The molecule has 10 heteroatoms. The second-order valence-corrected chi connectivity index (χ2v) is 9.16. The molecule has 4 N–H and O–H groups in total. The first-order valence-electron chi connectivity index (χ1n) is 12.1. The number of amides is 2. The minimum absolute atomic E-state index is 0.0213. The molecule has 0 saturated heterocycles. The van der Waals surface area contributed by atoms with Crippen molar-refractivity contribution in [1.29, 1.82) is 0 Å². The molecule has 0 atom stereocenters. The third-order valence-electron chi connectivity index (χ3n) is 6.57. The van der Waals surface area contributed by atoms with E-state index in [1.54, 1.807) is 42.5 Å². The van der Waals surface area contributed by atoms with Crippen LogP contribution in [0.4, 0.5) is 0 Å². The zero-order valence-corrected chi connectivity index (χ0v) is 20.5. The minimum Gasteiger partial charge on any atom is -0.322 e. The molecule has 4 bridgehead atoms. The first kappa shape index (κ1) is 24.4. The molecule has 2 heterocycles. The molecule has 0 saturated carbocycles. The van der Waals surface area contributed by atoms with Gasteiger partial charge in [0.2, 0.25) is 0 Å². The van der Waals surface area contributed by atoms with Gasteiger partial charge in [0, 0.05) is 21.8 Å². The van der Waals surface area contributed by atoms with Crippen LogP contribution in [-0.2, 0) is 0 Å². The summed E-state index contributed by atoms with van der Waals surface area (Å²) in [6, 6.07) is 21.4. The van der Waals surface area contributed by atoms with Crippen LogP contribution in [0.5, 0.6) is 0 Å². The highest BCUT2D eigenvalue weighted by Gasteiger charge is 2.26. The zero-order chi connectivity index (χ0) is 28.0. The lowest BCUT2D eigenvalue weighted by Crippen LogP contribution is -2.19. The Kier molecular flexibility index (Phi) is 5.77. The van der Waals surface area contributed by atoms with Crippen molar-refractivity contribution in [1.82, 2.24) is 20.3 Å².